The average molecular weight is 500 g/mol. The summed E-state index contributed by atoms with van der Waals surface area (Å²) in [5.41, 5.74) is 6.62. The number of benzene rings is 2. The zero-order valence-corrected chi connectivity index (χ0v) is 20.6. The monoisotopic (exact) mass is 499 g/mol. The highest BCUT2D eigenvalue weighted by Gasteiger charge is 2.25. The molecule has 1 fully saturated rings. The molecule has 9 heteroatoms. The predicted octanol–water partition coefficient (Wildman–Crippen LogP) is 3.11. The Labute approximate surface area is 211 Å². The van der Waals surface area contributed by atoms with E-state index in [1.807, 2.05) is 57.9 Å². The standard InChI is InChI=1S/C27H25N5O3S/c1-30-12-14-31(15-13-30)29-26(35)23-24(34)19-10-11-20(18-8-6-17(16-33)7-9-18)28-25(19)32-21-4-2-3-5-22(21)36-27(23)32/h2-11,33H,12-16H2,1H3,(H,29,35). The number of hydrogen-bond donors (Lipinski definition) is 2. The number of nitrogens with zero attached hydrogens (tertiary/aromatic N) is 4. The summed E-state index contributed by atoms with van der Waals surface area (Å²) in [5, 5.41) is 11.6. The van der Waals surface area contributed by atoms with Crippen molar-refractivity contribution in [3.8, 4) is 11.3 Å². The van der Waals surface area contributed by atoms with Crippen molar-refractivity contribution in [2.45, 2.75) is 6.61 Å². The van der Waals surface area contributed by atoms with E-state index in [0.717, 1.165) is 34.4 Å². The summed E-state index contributed by atoms with van der Waals surface area (Å²) in [6.07, 6.45) is 0. The lowest BCUT2D eigenvalue weighted by atomic mass is 10.1. The van der Waals surface area contributed by atoms with Crippen LogP contribution in [-0.4, -0.2) is 63.5 Å². The first-order valence-electron chi connectivity index (χ1n) is 11.8. The molecule has 0 spiro atoms. The van der Waals surface area contributed by atoms with Gasteiger partial charge in [-0.25, -0.2) is 9.99 Å². The Morgan fingerprint density at radius 2 is 1.78 bits per heavy atom. The van der Waals surface area contributed by atoms with Crippen molar-refractivity contribution in [1.82, 2.24) is 24.7 Å². The topological polar surface area (TPSA) is 90.2 Å². The number of aliphatic hydroxyl groups is 1. The van der Waals surface area contributed by atoms with Crippen LogP contribution in [0, 0.1) is 0 Å². The molecule has 0 saturated carbocycles. The number of thiazole rings is 1. The average Bonchev–Trinajstić information content (AvgIpc) is 3.29. The molecule has 8 nitrogen and oxygen atoms in total. The summed E-state index contributed by atoms with van der Waals surface area (Å²) in [7, 11) is 2.05. The van der Waals surface area contributed by atoms with Crippen LogP contribution in [0.2, 0.25) is 0 Å². The smallest absolute Gasteiger partial charge is 0.272 e. The lowest BCUT2D eigenvalue weighted by molar-refractivity contribution is 0.0663. The second-order valence-electron chi connectivity index (χ2n) is 9.07. The molecular weight excluding hydrogens is 474 g/mol. The molecule has 2 N–H and O–H groups in total. The van der Waals surface area contributed by atoms with Crippen LogP contribution in [0.5, 0.6) is 0 Å². The normalized spacial score (nSPS) is 15.2. The number of piperazine rings is 1. The number of hydrogen-bond acceptors (Lipinski definition) is 7. The molecule has 1 saturated heterocycles. The van der Waals surface area contributed by atoms with Crippen LogP contribution < -0.4 is 10.9 Å². The van der Waals surface area contributed by atoms with Gasteiger partial charge in [0.15, 0.2) is 0 Å². The Morgan fingerprint density at radius 3 is 2.53 bits per heavy atom. The molecule has 3 aromatic heterocycles. The maximum atomic E-state index is 13.7. The first-order valence-corrected chi connectivity index (χ1v) is 12.7. The lowest BCUT2D eigenvalue weighted by Crippen LogP contribution is -2.53. The van der Waals surface area contributed by atoms with Crippen LogP contribution >= 0.6 is 11.3 Å². The fourth-order valence-corrected chi connectivity index (χ4v) is 5.83. The molecule has 2 aromatic carbocycles. The molecular formula is C27H25N5O3S. The number of pyridine rings is 2. The molecule has 0 radical (unpaired) electrons. The van der Waals surface area contributed by atoms with Crippen LogP contribution in [0.4, 0.5) is 0 Å². The first kappa shape index (κ1) is 22.8. The Morgan fingerprint density at radius 1 is 1.03 bits per heavy atom. The van der Waals surface area contributed by atoms with Crippen LogP contribution in [-0.2, 0) is 6.61 Å². The van der Waals surface area contributed by atoms with Crippen molar-refractivity contribution in [2.75, 3.05) is 33.2 Å². The molecule has 1 aliphatic heterocycles. The number of hydrazine groups is 1. The lowest BCUT2D eigenvalue weighted by Gasteiger charge is -2.32. The van der Waals surface area contributed by atoms with Gasteiger partial charge >= 0.3 is 0 Å². The van der Waals surface area contributed by atoms with Gasteiger partial charge in [0.25, 0.3) is 5.91 Å². The summed E-state index contributed by atoms with van der Waals surface area (Å²) in [6.45, 7) is 3.07. The molecule has 0 bridgehead atoms. The number of likely N-dealkylation sites (N-methyl/N-ethyl adjacent to an activating group) is 1. The molecule has 1 aliphatic rings. The van der Waals surface area contributed by atoms with Crippen molar-refractivity contribution < 1.29 is 9.90 Å². The van der Waals surface area contributed by atoms with Gasteiger partial charge in [0.1, 0.15) is 16.0 Å². The number of para-hydroxylation sites is 1. The highest BCUT2D eigenvalue weighted by atomic mass is 32.1. The van der Waals surface area contributed by atoms with E-state index in [2.05, 4.69) is 17.4 Å². The molecule has 0 unspecified atom stereocenters. The largest absolute Gasteiger partial charge is 0.392 e. The van der Waals surface area contributed by atoms with Gasteiger partial charge in [-0.3, -0.25) is 19.4 Å². The zero-order chi connectivity index (χ0) is 24.8. The Hall–Kier alpha value is -3.63. The third kappa shape index (κ3) is 3.86. The van der Waals surface area contributed by atoms with E-state index < -0.39 is 0 Å². The van der Waals surface area contributed by atoms with Crippen molar-refractivity contribution in [1.29, 1.82) is 0 Å². The Balaban J connectivity index is 1.54. The fraction of sp³-hybridized carbons (Fsp3) is 0.222. The molecule has 5 aromatic rings. The number of aliphatic hydroxyl groups excluding tert-OH is 1. The van der Waals surface area contributed by atoms with Crippen molar-refractivity contribution in [2.24, 2.45) is 0 Å². The summed E-state index contributed by atoms with van der Waals surface area (Å²) < 4.78 is 2.90. The number of aromatic nitrogens is 2. The first-order chi connectivity index (χ1) is 17.5. The fourth-order valence-electron chi connectivity index (χ4n) is 4.65. The zero-order valence-electron chi connectivity index (χ0n) is 19.8. The van der Waals surface area contributed by atoms with E-state index in [1.54, 1.807) is 12.1 Å². The molecule has 0 atom stereocenters. The van der Waals surface area contributed by atoms with Crippen LogP contribution in [0.3, 0.4) is 0 Å². The maximum Gasteiger partial charge on any atom is 0.272 e. The van der Waals surface area contributed by atoms with Gasteiger partial charge in [-0.05, 0) is 36.9 Å². The Bertz CT molecular complexity index is 1670. The van der Waals surface area contributed by atoms with Crippen molar-refractivity contribution >= 4 is 43.3 Å². The summed E-state index contributed by atoms with van der Waals surface area (Å²) >= 11 is 1.42. The van der Waals surface area contributed by atoms with E-state index in [1.165, 1.54) is 11.3 Å². The molecule has 0 aliphatic carbocycles. The highest BCUT2D eigenvalue weighted by molar-refractivity contribution is 7.24. The van der Waals surface area contributed by atoms with Gasteiger partial charge in [0.2, 0.25) is 5.43 Å². The maximum absolute atomic E-state index is 13.7. The van der Waals surface area contributed by atoms with Gasteiger partial charge in [-0.2, -0.15) is 0 Å². The second kappa shape index (κ2) is 9.11. The minimum absolute atomic E-state index is 0.0265. The summed E-state index contributed by atoms with van der Waals surface area (Å²) in [6, 6.07) is 18.9. The van der Waals surface area contributed by atoms with E-state index in [-0.39, 0.29) is 23.5 Å². The van der Waals surface area contributed by atoms with E-state index in [9.17, 15) is 14.7 Å². The van der Waals surface area contributed by atoms with E-state index >= 15 is 0 Å². The summed E-state index contributed by atoms with van der Waals surface area (Å²) in [4.78, 5) is 34.9. The van der Waals surface area contributed by atoms with E-state index in [4.69, 9.17) is 4.98 Å². The number of rotatable bonds is 4. The van der Waals surface area contributed by atoms with E-state index in [0.29, 0.717) is 34.6 Å². The van der Waals surface area contributed by atoms with Crippen LogP contribution in [0.15, 0.2) is 65.5 Å². The van der Waals surface area contributed by atoms with Crippen LogP contribution in [0.1, 0.15) is 15.9 Å². The molecule has 6 rings (SSSR count). The van der Waals surface area contributed by atoms with Gasteiger partial charge < -0.3 is 10.0 Å². The summed E-state index contributed by atoms with van der Waals surface area (Å²) in [5.74, 6) is -0.390. The third-order valence-electron chi connectivity index (χ3n) is 6.71. The number of carbonyl (C=O) groups is 1. The SMILES string of the molecule is CN1CCN(NC(=O)c2c(=O)c3ccc(-c4ccc(CO)cc4)nc3n3c2sc2ccccc23)CC1. The number of carbonyl (C=O) groups excluding carboxylic acids is 1. The van der Waals surface area contributed by atoms with Crippen LogP contribution in [0.25, 0.3) is 37.3 Å². The van der Waals surface area contributed by atoms with Gasteiger partial charge in [-0.15, -0.1) is 11.3 Å². The Kier molecular flexibility index (Phi) is 5.77. The number of nitrogens with one attached hydrogen (secondary N) is 1. The third-order valence-corrected chi connectivity index (χ3v) is 7.86. The molecule has 1 amide bonds. The molecule has 4 heterocycles. The van der Waals surface area contributed by atoms with Gasteiger partial charge in [0.05, 0.1) is 27.9 Å². The van der Waals surface area contributed by atoms with Crippen molar-refractivity contribution in [3.05, 3.63) is 82.0 Å². The highest BCUT2D eigenvalue weighted by Crippen LogP contribution is 2.31. The minimum atomic E-state index is -0.390. The molecule has 36 heavy (non-hydrogen) atoms. The predicted molar refractivity (Wildman–Crippen MR) is 142 cm³/mol. The quantitative estimate of drug-likeness (QED) is 0.395. The van der Waals surface area contributed by atoms with Gasteiger partial charge in [0, 0.05) is 31.7 Å². The van der Waals surface area contributed by atoms with Gasteiger partial charge in [-0.1, -0.05) is 36.4 Å². The number of amides is 1. The second-order valence-corrected chi connectivity index (χ2v) is 10.1. The number of fused-ring (bicyclic) bond motifs is 5. The van der Waals surface area contributed by atoms with Crippen molar-refractivity contribution in [3.63, 3.8) is 0 Å². The molecule has 182 valence electrons. The minimum Gasteiger partial charge on any atom is -0.392 e.